The number of hydrogen-bond acceptors (Lipinski definition) is 4. The fraction of sp³-hybridized carbons (Fsp3) is 0.286. The van der Waals surface area contributed by atoms with Crippen molar-refractivity contribution in [2.24, 2.45) is 0 Å². The molecule has 0 bridgehead atoms. The third kappa shape index (κ3) is 7.49. The molecule has 0 aliphatic heterocycles. The molecule has 2 amide bonds. The first-order valence-corrected chi connectivity index (χ1v) is 14.4. The first-order chi connectivity index (χ1) is 18.0. The highest BCUT2D eigenvalue weighted by molar-refractivity contribution is 7.92. The van der Waals surface area contributed by atoms with Crippen LogP contribution in [0.3, 0.4) is 0 Å². The van der Waals surface area contributed by atoms with Crippen LogP contribution in [0.25, 0.3) is 0 Å². The van der Waals surface area contributed by atoms with Crippen molar-refractivity contribution in [2.75, 3.05) is 10.8 Å². The Morgan fingerprint density at radius 2 is 1.55 bits per heavy atom. The van der Waals surface area contributed by atoms with E-state index in [4.69, 9.17) is 23.2 Å². The van der Waals surface area contributed by atoms with Gasteiger partial charge in [-0.25, -0.2) is 8.42 Å². The highest BCUT2D eigenvalue weighted by Crippen LogP contribution is 2.26. The third-order valence-corrected chi connectivity index (χ3v) is 8.41. The topological polar surface area (TPSA) is 86.8 Å². The van der Waals surface area contributed by atoms with E-state index in [1.807, 2.05) is 13.8 Å². The average molecular weight is 577 g/mol. The van der Waals surface area contributed by atoms with Gasteiger partial charge in [-0.1, -0.05) is 60.5 Å². The quantitative estimate of drug-likeness (QED) is 0.326. The maximum Gasteiger partial charge on any atom is 0.264 e. The number of amides is 2. The van der Waals surface area contributed by atoms with Crippen LogP contribution in [-0.4, -0.2) is 43.8 Å². The van der Waals surface area contributed by atoms with Crippen molar-refractivity contribution in [2.45, 2.75) is 50.7 Å². The molecule has 0 saturated carbocycles. The SMILES string of the molecule is CC[C@H](C)NC(=O)[C@@H](C)N(Cc1cccc(Cl)c1)C(=O)CN(c1ccc(Cl)cc1)S(=O)(=O)c1ccccc1. The molecule has 0 spiro atoms. The minimum atomic E-state index is -4.12. The van der Waals surface area contributed by atoms with Gasteiger partial charge < -0.3 is 10.2 Å². The number of sulfonamides is 1. The van der Waals surface area contributed by atoms with Crippen molar-refractivity contribution in [3.8, 4) is 0 Å². The minimum Gasteiger partial charge on any atom is -0.352 e. The number of nitrogens with zero attached hydrogens (tertiary/aromatic N) is 2. The zero-order valence-corrected chi connectivity index (χ0v) is 23.8. The molecule has 0 fully saturated rings. The van der Waals surface area contributed by atoms with Gasteiger partial charge >= 0.3 is 0 Å². The van der Waals surface area contributed by atoms with E-state index in [0.29, 0.717) is 15.6 Å². The van der Waals surface area contributed by atoms with E-state index in [1.54, 1.807) is 61.5 Å². The summed E-state index contributed by atoms with van der Waals surface area (Å²) in [5, 5.41) is 3.82. The minimum absolute atomic E-state index is 0.0340. The van der Waals surface area contributed by atoms with Crippen LogP contribution in [0, 0.1) is 0 Å². The number of halogens is 2. The molecular formula is C28H31Cl2N3O4S. The smallest absolute Gasteiger partial charge is 0.264 e. The van der Waals surface area contributed by atoms with Crippen LogP contribution in [0.1, 0.15) is 32.8 Å². The molecule has 0 saturated heterocycles. The second-order valence-electron chi connectivity index (χ2n) is 8.95. The molecule has 0 aromatic heterocycles. The molecule has 3 rings (SSSR count). The first kappa shape index (κ1) is 29.5. The number of carbonyl (C=O) groups excluding carboxylic acids is 2. The number of hydrogen-bond donors (Lipinski definition) is 1. The molecule has 0 aliphatic rings. The summed E-state index contributed by atoms with van der Waals surface area (Å²) < 4.78 is 28.4. The van der Waals surface area contributed by atoms with E-state index >= 15 is 0 Å². The van der Waals surface area contributed by atoms with Crippen molar-refractivity contribution in [3.63, 3.8) is 0 Å². The lowest BCUT2D eigenvalue weighted by molar-refractivity contribution is -0.139. The third-order valence-electron chi connectivity index (χ3n) is 6.13. The maximum atomic E-state index is 13.8. The van der Waals surface area contributed by atoms with Crippen molar-refractivity contribution < 1.29 is 18.0 Å². The monoisotopic (exact) mass is 575 g/mol. The second-order valence-corrected chi connectivity index (χ2v) is 11.7. The molecule has 0 unspecified atom stereocenters. The Morgan fingerprint density at radius 1 is 0.895 bits per heavy atom. The van der Waals surface area contributed by atoms with Gasteiger partial charge in [0.15, 0.2) is 0 Å². The number of rotatable bonds is 11. The van der Waals surface area contributed by atoms with Crippen LogP contribution in [-0.2, 0) is 26.2 Å². The van der Waals surface area contributed by atoms with Crippen molar-refractivity contribution in [3.05, 3.63) is 94.5 Å². The Morgan fingerprint density at radius 3 is 2.16 bits per heavy atom. The molecule has 3 aromatic carbocycles. The number of carbonyl (C=O) groups is 2. The van der Waals surface area contributed by atoms with Gasteiger partial charge in [0.2, 0.25) is 11.8 Å². The fourth-order valence-electron chi connectivity index (χ4n) is 3.74. The van der Waals surface area contributed by atoms with E-state index in [0.717, 1.165) is 10.7 Å². The van der Waals surface area contributed by atoms with Crippen LogP contribution in [0.4, 0.5) is 5.69 Å². The fourth-order valence-corrected chi connectivity index (χ4v) is 5.51. The molecule has 7 nitrogen and oxygen atoms in total. The standard InChI is InChI=1S/C28H31Cl2N3O4S/c1-4-20(2)31-28(35)21(3)32(18-22-9-8-10-24(30)17-22)27(34)19-33(25-15-13-23(29)14-16-25)38(36,37)26-11-6-5-7-12-26/h5-17,20-21H,4,18-19H2,1-3H3,(H,31,35)/t20-,21+/m0/s1. The molecule has 10 heteroatoms. The van der Waals surface area contributed by atoms with E-state index < -0.39 is 28.5 Å². The molecule has 1 N–H and O–H groups in total. The Hall–Kier alpha value is -3.07. The van der Waals surface area contributed by atoms with Gasteiger partial charge in [0, 0.05) is 22.6 Å². The van der Waals surface area contributed by atoms with Crippen LogP contribution >= 0.6 is 23.2 Å². The molecule has 2 atom stereocenters. The normalized spacial score (nSPS) is 12.9. The highest BCUT2D eigenvalue weighted by Gasteiger charge is 2.32. The lowest BCUT2D eigenvalue weighted by Crippen LogP contribution is -2.52. The van der Waals surface area contributed by atoms with Gasteiger partial charge in [0.25, 0.3) is 10.0 Å². The largest absolute Gasteiger partial charge is 0.352 e. The highest BCUT2D eigenvalue weighted by atomic mass is 35.5. The van der Waals surface area contributed by atoms with Gasteiger partial charge in [-0.3, -0.25) is 13.9 Å². The van der Waals surface area contributed by atoms with Crippen LogP contribution in [0.2, 0.25) is 10.0 Å². The maximum absolute atomic E-state index is 13.8. The zero-order valence-electron chi connectivity index (χ0n) is 21.5. The van der Waals surface area contributed by atoms with Crippen molar-refractivity contribution in [1.29, 1.82) is 0 Å². The molecule has 0 aliphatic carbocycles. The molecule has 3 aromatic rings. The molecule has 202 valence electrons. The molecule has 0 heterocycles. The Kier molecular flexibility index (Phi) is 10.2. The van der Waals surface area contributed by atoms with E-state index in [9.17, 15) is 18.0 Å². The summed E-state index contributed by atoms with van der Waals surface area (Å²) in [6.45, 7) is 4.98. The molecule has 0 radical (unpaired) electrons. The summed E-state index contributed by atoms with van der Waals surface area (Å²) in [5.41, 5.74) is 0.976. The first-order valence-electron chi connectivity index (χ1n) is 12.2. The van der Waals surface area contributed by atoms with E-state index in [-0.39, 0.29) is 29.1 Å². The van der Waals surface area contributed by atoms with Gasteiger partial charge in [-0.2, -0.15) is 0 Å². The number of benzene rings is 3. The summed E-state index contributed by atoms with van der Waals surface area (Å²) in [7, 11) is -4.12. The second kappa shape index (κ2) is 13.1. The summed E-state index contributed by atoms with van der Waals surface area (Å²) in [5.74, 6) is -0.884. The van der Waals surface area contributed by atoms with Gasteiger partial charge in [-0.15, -0.1) is 0 Å². The Bertz CT molecular complexity index is 1350. The van der Waals surface area contributed by atoms with Crippen molar-refractivity contribution in [1.82, 2.24) is 10.2 Å². The van der Waals surface area contributed by atoms with Gasteiger partial charge in [0.1, 0.15) is 12.6 Å². The predicted octanol–water partition coefficient (Wildman–Crippen LogP) is 5.52. The predicted molar refractivity (Wildman–Crippen MR) is 152 cm³/mol. The zero-order chi connectivity index (χ0) is 27.9. The van der Waals surface area contributed by atoms with Crippen LogP contribution in [0.15, 0.2) is 83.8 Å². The number of anilines is 1. The van der Waals surface area contributed by atoms with E-state index in [2.05, 4.69) is 5.32 Å². The van der Waals surface area contributed by atoms with Crippen LogP contribution in [0.5, 0.6) is 0 Å². The number of nitrogens with one attached hydrogen (secondary N) is 1. The van der Waals surface area contributed by atoms with Crippen molar-refractivity contribution >= 4 is 50.7 Å². The Labute approximate surface area is 234 Å². The lowest BCUT2D eigenvalue weighted by Gasteiger charge is -2.32. The summed E-state index contributed by atoms with van der Waals surface area (Å²) in [6.07, 6.45) is 0.723. The lowest BCUT2D eigenvalue weighted by atomic mass is 10.1. The summed E-state index contributed by atoms with van der Waals surface area (Å²) in [4.78, 5) is 28.3. The van der Waals surface area contributed by atoms with Gasteiger partial charge in [0.05, 0.1) is 10.6 Å². The van der Waals surface area contributed by atoms with E-state index in [1.165, 1.54) is 29.2 Å². The molecule has 38 heavy (non-hydrogen) atoms. The summed E-state index contributed by atoms with van der Waals surface area (Å²) >= 11 is 12.2. The average Bonchev–Trinajstić information content (AvgIpc) is 2.90. The Balaban J connectivity index is 2.01. The van der Waals surface area contributed by atoms with Crippen LogP contribution < -0.4 is 9.62 Å². The molecular weight excluding hydrogens is 545 g/mol. The summed E-state index contributed by atoms with van der Waals surface area (Å²) in [6, 6.07) is 20.1. The van der Waals surface area contributed by atoms with Gasteiger partial charge in [-0.05, 0) is 74.4 Å².